The van der Waals surface area contributed by atoms with Crippen molar-refractivity contribution in [1.82, 2.24) is 9.97 Å². The van der Waals surface area contributed by atoms with Crippen molar-refractivity contribution in [2.24, 2.45) is 0 Å². The van der Waals surface area contributed by atoms with Crippen molar-refractivity contribution in [3.05, 3.63) is 45.6 Å². The van der Waals surface area contributed by atoms with Crippen molar-refractivity contribution in [3.63, 3.8) is 0 Å². The van der Waals surface area contributed by atoms with Gasteiger partial charge in [0.1, 0.15) is 10.2 Å². The van der Waals surface area contributed by atoms with Crippen molar-refractivity contribution in [2.75, 3.05) is 6.26 Å². The number of aromatic nitrogens is 2. The molecule has 2 rings (SSSR count). The summed E-state index contributed by atoms with van der Waals surface area (Å²) in [6.45, 7) is 0. The average molecular weight is 314 g/mol. The fourth-order valence-corrected chi connectivity index (χ4v) is 2.83. The van der Waals surface area contributed by atoms with E-state index < -0.39 is 4.92 Å². The fraction of sp³-hybridized carbons (Fsp3) is 0.0909. The van der Waals surface area contributed by atoms with Crippen LogP contribution < -0.4 is 0 Å². The minimum absolute atomic E-state index is 0.0647. The minimum atomic E-state index is -0.429. The summed E-state index contributed by atoms with van der Waals surface area (Å²) >= 11 is 8.68. The molecule has 1 aromatic carbocycles. The largest absolute Gasteiger partial charge is 0.269 e. The molecule has 0 fully saturated rings. The lowest BCUT2D eigenvalue weighted by atomic mass is 10.3. The monoisotopic (exact) mass is 313 g/mol. The SMILES string of the molecule is CSc1nc(Cl)cc(Sc2ccc([N+](=O)[O-])cc2)n1. The molecule has 5 nitrogen and oxygen atoms in total. The zero-order valence-electron chi connectivity index (χ0n) is 9.74. The molecule has 0 aliphatic heterocycles. The predicted molar refractivity (Wildman–Crippen MR) is 76.0 cm³/mol. The fourth-order valence-electron chi connectivity index (χ4n) is 1.28. The van der Waals surface area contributed by atoms with Crippen LogP contribution >= 0.6 is 35.1 Å². The smallest absolute Gasteiger partial charge is 0.258 e. The van der Waals surface area contributed by atoms with E-state index in [0.29, 0.717) is 15.3 Å². The second kappa shape index (κ2) is 6.23. The number of nitro benzene ring substituents is 1. The summed E-state index contributed by atoms with van der Waals surface area (Å²) in [5, 5.41) is 12.2. The van der Waals surface area contributed by atoms with E-state index in [9.17, 15) is 10.1 Å². The van der Waals surface area contributed by atoms with Crippen LogP contribution in [0.1, 0.15) is 0 Å². The Morgan fingerprint density at radius 1 is 1.26 bits per heavy atom. The second-order valence-corrected chi connectivity index (χ2v) is 5.62. The minimum Gasteiger partial charge on any atom is -0.258 e. The Bertz CT molecular complexity index is 607. The highest BCUT2D eigenvalue weighted by Gasteiger charge is 2.07. The van der Waals surface area contributed by atoms with E-state index in [1.54, 1.807) is 18.2 Å². The molecule has 8 heteroatoms. The Balaban J connectivity index is 2.21. The van der Waals surface area contributed by atoms with Gasteiger partial charge in [0.25, 0.3) is 5.69 Å². The highest BCUT2D eigenvalue weighted by atomic mass is 35.5. The molecule has 0 atom stereocenters. The summed E-state index contributed by atoms with van der Waals surface area (Å²) < 4.78 is 0. The van der Waals surface area contributed by atoms with E-state index in [4.69, 9.17) is 11.6 Å². The predicted octanol–water partition coefficient (Wildman–Crippen LogP) is 3.91. The Kier molecular flexibility index (Phi) is 4.62. The first-order valence-electron chi connectivity index (χ1n) is 5.09. The Hall–Kier alpha value is -1.31. The van der Waals surface area contributed by atoms with Crippen molar-refractivity contribution >= 4 is 40.8 Å². The van der Waals surface area contributed by atoms with E-state index >= 15 is 0 Å². The van der Waals surface area contributed by atoms with Crippen LogP contribution in [0, 0.1) is 10.1 Å². The summed E-state index contributed by atoms with van der Waals surface area (Å²) in [6, 6.07) is 7.93. The van der Waals surface area contributed by atoms with E-state index in [0.717, 1.165) is 4.90 Å². The summed E-state index contributed by atoms with van der Waals surface area (Å²) in [6.07, 6.45) is 1.87. The molecule has 0 amide bonds. The van der Waals surface area contributed by atoms with E-state index in [1.165, 1.54) is 35.7 Å². The van der Waals surface area contributed by atoms with E-state index in [-0.39, 0.29) is 5.69 Å². The molecule has 0 spiro atoms. The number of nitrogens with zero attached hydrogens (tertiary/aromatic N) is 3. The zero-order valence-corrected chi connectivity index (χ0v) is 12.1. The van der Waals surface area contributed by atoms with Gasteiger partial charge in [-0.2, -0.15) is 0 Å². The molecule has 0 N–H and O–H groups in total. The third-order valence-corrected chi connectivity index (χ3v) is 3.77. The summed E-state index contributed by atoms with van der Waals surface area (Å²) in [7, 11) is 0. The molecule has 0 aliphatic carbocycles. The van der Waals surface area contributed by atoms with Crippen LogP contribution in [-0.4, -0.2) is 21.1 Å². The quantitative estimate of drug-likeness (QED) is 0.280. The van der Waals surface area contributed by atoms with Crippen LogP contribution in [0.15, 0.2) is 45.4 Å². The van der Waals surface area contributed by atoms with Gasteiger partial charge in [-0.3, -0.25) is 10.1 Å². The second-order valence-electron chi connectivity index (χ2n) is 3.37. The van der Waals surface area contributed by atoms with Gasteiger partial charge in [0, 0.05) is 23.1 Å². The third-order valence-electron chi connectivity index (χ3n) is 2.10. The number of hydrogen-bond acceptors (Lipinski definition) is 6. The summed E-state index contributed by atoms with van der Waals surface area (Å²) in [5.41, 5.74) is 0.0647. The van der Waals surface area contributed by atoms with Crippen LogP contribution in [-0.2, 0) is 0 Å². The maximum atomic E-state index is 10.6. The highest BCUT2D eigenvalue weighted by Crippen LogP contribution is 2.29. The molecule has 1 heterocycles. The lowest BCUT2D eigenvalue weighted by Crippen LogP contribution is -1.89. The maximum absolute atomic E-state index is 10.6. The molecule has 2 aromatic rings. The molecule has 0 radical (unpaired) electrons. The molecule has 0 aliphatic rings. The summed E-state index contributed by atoms with van der Waals surface area (Å²) in [4.78, 5) is 19.3. The van der Waals surface area contributed by atoms with Gasteiger partial charge in [-0.05, 0) is 18.4 Å². The first-order chi connectivity index (χ1) is 9.08. The highest BCUT2D eigenvalue weighted by molar-refractivity contribution is 7.99. The van der Waals surface area contributed by atoms with E-state index in [1.807, 2.05) is 6.26 Å². The molecule has 1 aromatic heterocycles. The van der Waals surface area contributed by atoms with Gasteiger partial charge in [0.15, 0.2) is 5.16 Å². The topological polar surface area (TPSA) is 68.9 Å². The number of nitro groups is 1. The number of rotatable bonds is 4. The molecule has 0 bridgehead atoms. The lowest BCUT2D eigenvalue weighted by Gasteiger charge is -2.03. The first-order valence-corrected chi connectivity index (χ1v) is 7.51. The van der Waals surface area contributed by atoms with Crippen molar-refractivity contribution in [3.8, 4) is 0 Å². The molecular formula is C11H8ClN3O2S2. The molecule has 19 heavy (non-hydrogen) atoms. The third kappa shape index (κ3) is 3.82. The number of halogens is 1. The lowest BCUT2D eigenvalue weighted by molar-refractivity contribution is -0.384. The normalized spacial score (nSPS) is 10.4. The molecular weight excluding hydrogens is 306 g/mol. The molecule has 0 saturated carbocycles. The van der Waals surface area contributed by atoms with Gasteiger partial charge in [-0.15, -0.1) is 0 Å². The standard InChI is InChI=1S/C11H8ClN3O2S2/c1-18-11-13-9(12)6-10(14-11)19-8-4-2-7(3-5-8)15(16)17/h2-6H,1H3. The van der Waals surface area contributed by atoms with Gasteiger partial charge in [0.05, 0.1) is 4.92 Å². The zero-order chi connectivity index (χ0) is 13.8. The Morgan fingerprint density at radius 3 is 2.53 bits per heavy atom. The van der Waals surface area contributed by atoms with Crippen LogP contribution in [0.25, 0.3) is 0 Å². The van der Waals surface area contributed by atoms with Gasteiger partial charge >= 0.3 is 0 Å². The van der Waals surface area contributed by atoms with Crippen LogP contribution in [0.5, 0.6) is 0 Å². The number of thioether (sulfide) groups is 1. The average Bonchev–Trinajstić information content (AvgIpc) is 2.38. The van der Waals surface area contributed by atoms with Crippen molar-refractivity contribution < 1.29 is 4.92 Å². The first kappa shape index (κ1) is 14.1. The van der Waals surface area contributed by atoms with Crippen molar-refractivity contribution in [1.29, 1.82) is 0 Å². The molecule has 0 unspecified atom stereocenters. The summed E-state index contributed by atoms with van der Waals surface area (Å²) in [5.74, 6) is 0. The number of hydrogen-bond donors (Lipinski definition) is 0. The Labute approximate surface area is 122 Å². The van der Waals surface area contributed by atoms with Crippen LogP contribution in [0.2, 0.25) is 5.15 Å². The van der Waals surface area contributed by atoms with Gasteiger partial charge in [-0.1, -0.05) is 35.1 Å². The van der Waals surface area contributed by atoms with Gasteiger partial charge in [-0.25, -0.2) is 9.97 Å². The maximum Gasteiger partial charge on any atom is 0.269 e. The van der Waals surface area contributed by atoms with Gasteiger partial charge in [0.2, 0.25) is 0 Å². The number of benzene rings is 1. The van der Waals surface area contributed by atoms with E-state index in [2.05, 4.69) is 9.97 Å². The van der Waals surface area contributed by atoms with Crippen LogP contribution in [0.3, 0.4) is 0 Å². The molecule has 98 valence electrons. The van der Waals surface area contributed by atoms with Gasteiger partial charge < -0.3 is 0 Å². The number of non-ortho nitro benzene ring substituents is 1. The molecule has 0 saturated heterocycles. The van der Waals surface area contributed by atoms with Crippen molar-refractivity contribution in [2.45, 2.75) is 15.1 Å². The Morgan fingerprint density at radius 2 is 1.95 bits per heavy atom. The van der Waals surface area contributed by atoms with Crippen LogP contribution in [0.4, 0.5) is 5.69 Å².